The molecule has 0 bridgehead atoms. The van der Waals surface area contributed by atoms with Crippen molar-refractivity contribution in [2.75, 3.05) is 10.6 Å². The van der Waals surface area contributed by atoms with Crippen LogP contribution in [-0.4, -0.2) is 15.8 Å². The molecule has 5 heteroatoms. The van der Waals surface area contributed by atoms with Crippen molar-refractivity contribution in [3.63, 3.8) is 0 Å². The molecule has 5 nitrogen and oxygen atoms in total. The van der Waals surface area contributed by atoms with Crippen molar-refractivity contribution >= 4 is 17.5 Å². The normalized spacial score (nSPS) is 10.0. The van der Waals surface area contributed by atoms with Crippen molar-refractivity contribution in [2.24, 2.45) is 7.05 Å². The maximum atomic E-state index is 11.6. The van der Waals surface area contributed by atoms with Crippen molar-refractivity contribution in [3.8, 4) is 0 Å². The van der Waals surface area contributed by atoms with Gasteiger partial charge in [0.15, 0.2) is 5.82 Å². The number of hydrogen-bond donors (Lipinski definition) is 2. The molecule has 1 aromatic carbocycles. The first-order valence-corrected chi connectivity index (χ1v) is 5.28. The van der Waals surface area contributed by atoms with Crippen molar-refractivity contribution in [2.45, 2.75) is 6.92 Å². The van der Waals surface area contributed by atoms with E-state index in [-0.39, 0.29) is 6.03 Å². The molecule has 2 amide bonds. The molecule has 17 heavy (non-hydrogen) atoms. The standard InChI is InChI=1S/C12H14N4O/c1-9-3-5-10(6-4-9)13-12(17)14-11-7-8-16(2)15-11/h3-8H,1-2H3,(H2,13,14,15,17). The summed E-state index contributed by atoms with van der Waals surface area (Å²) >= 11 is 0. The Morgan fingerprint density at radius 2 is 1.88 bits per heavy atom. The van der Waals surface area contributed by atoms with Crippen LogP contribution >= 0.6 is 0 Å². The van der Waals surface area contributed by atoms with Crippen molar-refractivity contribution in [1.82, 2.24) is 9.78 Å². The van der Waals surface area contributed by atoms with Crippen molar-refractivity contribution < 1.29 is 4.79 Å². The average molecular weight is 230 g/mol. The third-order valence-corrected chi connectivity index (χ3v) is 2.26. The zero-order chi connectivity index (χ0) is 12.3. The number of rotatable bonds is 2. The number of aromatic nitrogens is 2. The lowest BCUT2D eigenvalue weighted by atomic mass is 10.2. The van der Waals surface area contributed by atoms with Crippen LogP contribution in [0.4, 0.5) is 16.3 Å². The van der Waals surface area contributed by atoms with Crippen LogP contribution in [0, 0.1) is 6.92 Å². The van der Waals surface area contributed by atoms with Crippen LogP contribution in [0.1, 0.15) is 5.56 Å². The minimum absolute atomic E-state index is 0.299. The van der Waals surface area contributed by atoms with Gasteiger partial charge in [0.05, 0.1) is 0 Å². The average Bonchev–Trinajstić information content (AvgIpc) is 2.67. The number of carbonyl (C=O) groups excluding carboxylic acids is 1. The van der Waals surface area contributed by atoms with Crippen LogP contribution in [0.15, 0.2) is 36.5 Å². The number of carbonyl (C=O) groups is 1. The first-order chi connectivity index (χ1) is 8.13. The van der Waals surface area contributed by atoms with Gasteiger partial charge in [-0.25, -0.2) is 4.79 Å². The number of urea groups is 1. The van der Waals surface area contributed by atoms with E-state index in [9.17, 15) is 4.79 Å². The van der Waals surface area contributed by atoms with Gasteiger partial charge in [0.1, 0.15) is 0 Å². The van der Waals surface area contributed by atoms with E-state index in [1.54, 1.807) is 24.0 Å². The summed E-state index contributed by atoms with van der Waals surface area (Å²) in [6.45, 7) is 2.00. The zero-order valence-electron chi connectivity index (χ0n) is 9.77. The Morgan fingerprint density at radius 3 is 2.47 bits per heavy atom. The number of aryl methyl sites for hydroxylation is 2. The van der Waals surface area contributed by atoms with Crippen LogP contribution in [0.5, 0.6) is 0 Å². The molecule has 1 heterocycles. The summed E-state index contributed by atoms with van der Waals surface area (Å²) < 4.78 is 1.63. The number of hydrogen-bond acceptors (Lipinski definition) is 2. The third kappa shape index (κ3) is 3.07. The molecule has 0 atom stereocenters. The van der Waals surface area contributed by atoms with Crippen LogP contribution in [-0.2, 0) is 7.05 Å². The number of nitrogens with zero attached hydrogens (tertiary/aromatic N) is 2. The number of nitrogens with one attached hydrogen (secondary N) is 2. The molecule has 0 unspecified atom stereocenters. The van der Waals surface area contributed by atoms with E-state index < -0.39 is 0 Å². The summed E-state index contributed by atoms with van der Waals surface area (Å²) in [6, 6.07) is 9.02. The Bertz CT molecular complexity index is 516. The molecule has 88 valence electrons. The summed E-state index contributed by atoms with van der Waals surface area (Å²) in [5.74, 6) is 0.525. The van der Waals surface area contributed by atoms with E-state index in [0.717, 1.165) is 11.3 Å². The van der Waals surface area contributed by atoms with Crippen LogP contribution in [0.2, 0.25) is 0 Å². The fourth-order valence-electron chi connectivity index (χ4n) is 1.40. The Hall–Kier alpha value is -2.30. The van der Waals surface area contributed by atoms with E-state index in [4.69, 9.17) is 0 Å². The fraction of sp³-hybridized carbons (Fsp3) is 0.167. The highest BCUT2D eigenvalue weighted by molar-refractivity contribution is 5.99. The molecule has 0 saturated carbocycles. The van der Waals surface area contributed by atoms with E-state index in [0.29, 0.717) is 5.82 Å². The number of amides is 2. The summed E-state index contributed by atoms with van der Waals surface area (Å²) in [6.07, 6.45) is 1.77. The highest BCUT2D eigenvalue weighted by Gasteiger charge is 2.03. The van der Waals surface area contributed by atoms with Gasteiger partial charge < -0.3 is 5.32 Å². The van der Waals surface area contributed by atoms with E-state index >= 15 is 0 Å². The van der Waals surface area contributed by atoms with Gasteiger partial charge in [-0.2, -0.15) is 5.10 Å². The molecule has 0 saturated heterocycles. The van der Waals surface area contributed by atoms with Gasteiger partial charge >= 0.3 is 6.03 Å². The molecule has 0 spiro atoms. The van der Waals surface area contributed by atoms with Gasteiger partial charge in [-0.05, 0) is 19.1 Å². The summed E-state index contributed by atoms with van der Waals surface area (Å²) in [7, 11) is 1.79. The minimum atomic E-state index is -0.299. The van der Waals surface area contributed by atoms with E-state index in [1.807, 2.05) is 31.2 Å². The molecule has 1 aromatic heterocycles. The van der Waals surface area contributed by atoms with Gasteiger partial charge in [0, 0.05) is 25.0 Å². The lowest BCUT2D eigenvalue weighted by Gasteiger charge is -2.05. The maximum absolute atomic E-state index is 11.6. The fourth-order valence-corrected chi connectivity index (χ4v) is 1.40. The van der Waals surface area contributed by atoms with Crippen molar-refractivity contribution in [3.05, 3.63) is 42.1 Å². The number of anilines is 2. The molecular weight excluding hydrogens is 216 g/mol. The summed E-state index contributed by atoms with van der Waals surface area (Å²) in [4.78, 5) is 11.6. The molecule has 0 aliphatic rings. The summed E-state index contributed by atoms with van der Waals surface area (Å²) in [5.41, 5.74) is 1.91. The van der Waals surface area contributed by atoms with Crippen LogP contribution in [0.25, 0.3) is 0 Å². The molecule has 0 radical (unpaired) electrons. The predicted octanol–water partition coefficient (Wildman–Crippen LogP) is 2.37. The Balaban J connectivity index is 1.95. The molecule has 2 rings (SSSR count). The SMILES string of the molecule is Cc1ccc(NC(=O)Nc2ccn(C)n2)cc1. The second kappa shape index (κ2) is 4.69. The summed E-state index contributed by atoms with van der Waals surface area (Å²) in [5, 5.41) is 9.42. The molecule has 2 aromatic rings. The highest BCUT2D eigenvalue weighted by Crippen LogP contribution is 2.09. The zero-order valence-corrected chi connectivity index (χ0v) is 9.77. The number of benzene rings is 1. The van der Waals surface area contributed by atoms with Gasteiger partial charge in [-0.1, -0.05) is 17.7 Å². The van der Waals surface area contributed by atoms with Crippen LogP contribution in [0.3, 0.4) is 0 Å². The molecule has 0 aliphatic carbocycles. The minimum Gasteiger partial charge on any atom is -0.308 e. The van der Waals surface area contributed by atoms with E-state index in [2.05, 4.69) is 15.7 Å². The van der Waals surface area contributed by atoms with Crippen molar-refractivity contribution in [1.29, 1.82) is 0 Å². The third-order valence-electron chi connectivity index (χ3n) is 2.26. The molecular formula is C12H14N4O. The largest absolute Gasteiger partial charge is 0.324 e. The Labute approximate surface area is 99.5 Å². The second-order valence-corrected chi connectivity index (χ2v) is 3.82. The monoisotopic (exact) mass is 230 g/mol. The first kappa shape index (κ1) is 11.2. The topological polar surface area (TPSA) is 59.0 Å². The van der Waals surface area contributed by atoms with E-state index in [1.165, 1.54) is 0 Å². The second-order valence-electron chi connectivity index (χ2n) is 3.82. The Kier molecular flexibility index (Phi) is 3.09. The van der Waals surface area contributed by atoms with Gasteiger partial charge in [-0.3, -0.25) is 10.00 Å². The van der Waals surface area contributed by atoms with Gasteiger partial charge in [0.25, 0.3) is 0 Å². The quantitative estimate of drug-likeness (QED) is 0.832. The highest BCUT2D eigenvalue weighted by atomic mass is 16.2. The Morgan fingerprint density at radius 1 is 1.18 bits per heavy atom. The van der Waals surface area contributed by atoms with Crippen LogP contribution < -0.4 is 10.6 Å². The maximum Gasteiger partial charge on any atom is 0.324 e. The lowest BCUT2D eigenvalue weighted by molar-refractivity contribution is 0.262. The predicted molar refractivity (Wildman–Crippen MR) is 67.0 cm³/mol. The van der Waals surface area contributed by atoms with Gasteiger partial charge in [-0.15, -0.1) is 0 Å². The smallest absolute Gasteiger partial charge is 0.308 e. The first-order valence-electron chi connectivity index (χ1n) is 5.28. The molecule has 0 aliphatic heterocycles. The lowest BCUT2D eigenvalue weighted by Crippen LogP contribution is -2.19. The molecule has 0 fully saturated rings. The molecule has 2 N–H and O–H groups in total. The van der Waals surface area contributed by atoms with Gasteiger partial charge in [0.2, 0.25) is 0 Å².